The van der Waals surface area contributed by atoms with E-state index >= 15 is 0 Å². The number of carboxylic acid groups (broad SMARTS) is 2. The van der Waals surface area contributed by atoms with E-state index in [1.165, 1.54) is 17.1 Å². The second-order valence-corrected chi connectivity index (χ2v) is 3.91. The van der Waals surface area contributed by atoms with Crippen LogP contribution in [0.4, 0.5) is 0 Å². The minimum Gasteiger partial charge on any atom is -0.481 e. The highest BCUT2D eigenvalue weighted by atomic mass is 16.4. The van der Waals surface area contributed by atoms with Crippen LogP contribution in [-0.4, -0.2) is 45.4 Å². The first-order valence-corrected chi connectivity index (χ1v) is 5.99. The average molecular weight is 283 g/mol. The Morgan fingerprint density at radius 1 is 1.10 bits per heavy atom. The predicted molar refractivity (Wildman–Crippen MR) is 69.8 cm³/mol. The van der Waals surface area contributed by atoms with Crippen LogP contribution in [0.2, 0.25) is 0 Å². The Bertz CT molecular complexity index is 409. The second-order valence-electron chi connectivity index (χ2n) is 3.91. The molecule has 2 N–H and O–H groups in total. The fourth-order valence-corrected chi connectivity index (χ4v) is 1.37. The Kier molecular flexibility index (Phi) is 8.33. The topological polar surface area (TPSA) is 112 Å². The molecule has 1 aliphatic heterocycles. The van der Waals surface area contributed by atoms with E-state index in [1.807, 2.05) is 0 Å². The van der Waals surface area contributed by atoms with E-state index in [9.17, 15) is 19.2 Å². The van der Waals surface area contributed by atoms with E-state index in [0.717, 1.165) is 6.08 Å². The molecular weight excluding hydrogens is 266 g/mol. The molecule has 0 aromatic carbocycles. The SMILES string of the molecule is C=CC(=O)O.O=C(O)CCCCCN1C(=O)C=CC1=O. The molecule has 1 rings (SSSR count). The molecule has 7 nitrogen and oxygen atoms in total. The van der Waals surface area contributed by atoms with Crippen molar-refractivity contribution in [3.63, 3.8) is 0 Å². The fraction of sp³-hybridized carbons (Fsp3) is 0.385. The number of nitrogens with zero attached hydrogens (tertiary/aromatic N) is 1. The van der Waals surface area contributed by atoms with Gasteiger partial charge in [0.25, 0.3) is 11.8 Å². The van der Waals surface area contributed by atoms with Gasteiger partial charge in [0.05, 0.1) is 0 Å². The molecule has 1 aliphatic rings. The highest BCUT2D eigenvalue weighted by molar-refractivity contribution is 6.12. The van der Waals surface area contributed by atoms with Gasteiger partial charge in [-0.1, -0.05) is 13.0 Å². The molecule has 0 spiro atoms. The van der Waals surface area contributed by atoms with E-state index in [1.54, 1.807) is 0 Å². The summed E-state index contributed by atoms with van der Waals surface area (Å²) in [6, 6.07) is 0. The summed E-state index contributed by atoms with van der Waals surface area (Å²) < 4.78 is 0. The number of hydrogen-bond acceptors (Lipinski definition) is 4. The van der Waals surface area contributed by atoms with Gasteiger partial charge in [0, 0.05) is 31.2 Å². The molecule has 0 aromatic rings. The van der Waals surface area contributed by atoms with Gasteiger partial charge in [0.15, 0.2) is 0 Å². The van der Waals surface area contributed by atoms with E-state index in [-0.39, 0.29) is 18.2 Å². The monoisotopic (exact) mass is 283 g/mol. The summed E-state index contributed by atoms with van der Waals surface area (Å²) in [6.07, 6.45) is 5.42. The first kappa shape index (κ1) is 17.6. The van der Waals surface area contributed by atoms with Crippen LogP contribution >= 0.6 is 0 Å². The van der Waals surface area contributed by atoms with Gasteiger partial charge in [0.2, 0.25) is 0 Å². The predicted octanol–water partition coefficient (Wildman–Crippen LogP) is 0.813. The maximum atomic E-state index is 11.1. The summed E-state index contributed by atoms with van der Waals surface area (Å²) in [6.45, 7) is 3.34. The van der Waals surface area contributed by atoms with Crippen LogP contribution in [0.3, 0.4) is 0 Å². The first-order chi connectivity index (χ1) is 9.38. The number of aliphatic carboxylic acids is 2. The van der Waals surface area contributed by atoms with E-state index in [2.05, 4.69) is 6.58 Å². The van der Waals surface area contributed by atoms with Crippen LogP contribution in [0, 0.1) is 0 Å². The molecule has 20 heavy (non-hydrogen) atoms. The number of amides is 2. The molecule has 1 heterocycles. The molecule has 0 bridgehead atoms. The van der Waals surface area contributed by atoms with Crippen LogP contribution in [0.15, 0.2) is 24.8 Å². The Morgan fingerprint density at radius 2 is 1.60 bits per heavy atom. The van der Waals surface area contributed by atoms with Crippen molar-refractivity contribution in [3.05, 3.63) is 24.8 Å². The lowest BCUT2D eigenvalue weighted by Gasteiger charge is -2.12. The lowest BCUT2D eigenvalue weighted by atomic mass is 10.2. The van der Waals surface area contributed by atoms with Crippen LogP contribution in [0.25, 0.3) is 0 Å². The van der Waals surface area contributed by atoms with Crippen molar-refractivity contribution >= 4 is 23.8 Å². The highest BCUT2D eigenvalue weighted by Gasteiger charge is 2.22. The number of rotatable bonds is 7. The molecule has 110 valence electrons. The van der Waals surface area contributed by atoms with Crippen molar-refractivity contribution in [2.45, 2.75) is 25.7 Å². The fourth-order valence-electron chi connectivity index (χ4n) is 1.37. The van der Waals surface area contributed by atoms with Gasteiger partial charge in [-0.05, 0) is 12.8 Å². The summed E-state index contributed by atoms with van der Waals surface area (Å²) in [5.74, 6) is -2.36. The maximum absolute atomic E-state index is 11.1. The van der Waals surface area contributed by atoms with Gasteiger partial charge < -0.3 is 10.2 Å². The van der Waals surface area contributed by atoms with Gasteiger partial charge >= 0.3 is 11.9 Å². The number of imide groups is 1. The molecule has 0 atom stereocenters. The molecular formula is C13H17NO6. The molecule has 0 saturated heterocycles. The average Bonchev–Trinajstić information content (AvgIpc) is 2.70. The van der Waals surface area contributed by atoms with Crippen molar-refractivity contribution in [2.24, 2.45) is 0 Å². The first-order valence-electron chi connectivity index (χ1n) is 5.99. The molecule has 0 unspecified atom stereocenters. The van der Waals surface area contributed by atoms with Crippen LogP contribution in [0.1, 0.15) is 25.7 Å². The number of hydrogen-bond donors (Lipinski definition) is 2. The Balaban J connectivity index is 0.000000621. The van der Waals surface area contributed by atoms with Crippen LogP contribution in [-0.2, 0) is 19.2 Å². The van der Waals surface area contributed by atoms with Crippen molar-refractivity contribution in [1.29, 1.82) is 0 Å². The Hall–Kier alpha value is -2.44. The lowest BCUT2D eigenvalue weighted by Crippen LogP contribution is -2.30. The third-order valence-corrected chi connectivity index (χ3v) is 2.35. The molecule has 0 fully saturated rings. The number of carbonyl (C=O) groups excluding carboxylic acids is 2. The largest absolute Gasteiger partial charge is 0.481 e. The second kappa shape index (κ2) is 9.48. The number of carboxylic acids is 2. The molecule has 7 heteroatoms. The van der Waals surface area contributed by atoms with Crippen molar-refractivity contribution in [3.8, 4) is 0 Å². The number of carbonyl (C=O) groups is 4. The van der Waals surface area contributed by atoms with Gasteiger partial charge in [-0.3, -0.25) is 19.3 Å². The van der Waals surface area contributed by atoms with Crippen molar-refractivity contribution < 1.29 is 29.4 Å². The molecule has 0 radical (unpaired) electrons. The minimum absolute atomic E-state index is 0.139. The molecule has 2 amide bonds. The summed E-state index contributed by atoms with van der Waals surface area (Å²) >= 11 is 0. The summed E-state index contributed by atoms with van der Waals surface area (Å²) in [4.78, 5) is 42.8. The van der Waals surface area contributed by atoms with E-state index in [4.69, 9.17) is 10.2 Å². The van der Waals surface area contributed by atoms with Gasteiger partial charge in [-0.25, -0.2) is 4.79 Å². The minimum atomic E-state index is -0.981. The zero-order valence-corrected chi connectivity index (χ0v) is 10.9. The van der Waals surface area contributed by atoms with Crippen LogP contribution in [0.5, 0.6) is 0 Å². The zero-order chi connectivity index (χ0) is 15.5. The Morgan fingerprint density at radius 3 is 2.00 bits per heavy atom. The van der Waals surface area contributed by atoms with Crippen LogP contribution < -0.4 is 0 Å². The molecule has 0 saturated carbocycles. The lowest BCUT2D eigenvalue weighted by molar-refractivity contribution is -0.138. The quantitative estimate of drug-likeness (QED) is 0.406. The maximum Gasteiger partial charge on any atom is 0.327 e. The summed E-state index contributed by atoms with van der Waals surface area (Å²) in [5.41, 5.74) is 0. The standard InChI is InChI=1S/C10H13NO4.C3H4O2/c12-8-5-6-9(13)11(8)7-3-1-2-4-10(14)15;1-2-3(4)5/h5-6H,1-4,7H2,(H,14,15);2H,1H2,(H,4,5). The van der Waals surface area contributed by atoms with Gasteiger partial charge in [0.1, 0.15) is 0 Å². The highest BCUT2D eigenvalue weighted by Crippen LogP contribution is 2.07. The van der Waals surface area contributed by atoms with E-state index in [0.29, 0.717) is 25.8 Å². The molecule has 0 aromatic heterocycles. The van der Waals surface area contributed by atoms with Gasteiger partial charge in [-0.2, -0.15) is 0 Å². The van der Waals surface area contributed by atoms with Crippen molar-refractivity contribution in [2.75, 3.05) is 6.54 Å². The normalized spacial score (nSPS) is 12.9. The molecule has 0 aliphatic carbocycles. The number of unbranched alkanes of at least 4 members (excludes halogenated alkanes) is 2. The smallest absolute Gasteiger partial charge is 0.327 e. The van der Waals surface area contributed by atoms with Crippen molar-refractivity contribution in [1.82, 2.24) is 4.90 Å². The summed E-state index contributed by atoms with van der Waals surface area (Å²) in [5, 5.41) is 16.0. The van der Waals surface area contributed by atoms with Gasteiger partial charge in [-0.15, -0.1) is 0 Å². The summed E-state index contributed by atoms with van der Waals surface area (Å²) in [7, 11) is 0. The zero-order valence-electron chi connectivity index (χ0n) is 10.9. The Labute approximate surface area is 116 Å². The third kappa shape index (κ3) is 7.80. The van der Waals surface area contributed by atoms with E-state index < -0.39 is 11.9 Å². The third-order valence-electron chi connectivity index (χ3n) is 2.35.